The Morgan fingerprint density at radius 1 is 1.12 bits per heavy atom. The summed E-state index contributed by atoms with van der Waals surface area (Å²) in [7, 11) is -2.77. The van der Waals surface area contributed by atoms with Gasteiger partial charge in [-0.1, -0.05) is 13.8 Å². The molecule has 0 heterocycles. The molecule has 1 fully saturated rings. The normalized spacial score (nSPS) is 25.3. The second-order valence-corrected chi connectivity index (χ2v) is 7.57. The van der Waals surface area contributed by atoms with Gasteiger partial charge in [0, 0.05) is 11.8 Å². The summed E-state index contributed by atoms with van der Waals surface area (Å²) in [6.07, 6.45) is 6.37. The van der Waals surface area contributed by atoms with Gasteiger partial charge in [0.05, 0.1) is 5.75 Å². The van der Waals surface area contributed by atoms with Gasteiger partial charge in [0.25, 0.3) is 0 Å². The molecule has 0 aromatic rings. The number of rotatable bonds is 8. The van der Waals surface area contributed by atoms with E-state index in [1.807, 2.05) is 6.92 Å². The van der Waals surface area contributed by atoms with Crippen molar-refractivity contribution in [2.75, 3.05) is 18.1 Å². The summed E-state index contributed by atoms with van der Waals surface area (Å²) in [6, 6.07) is 0.633. The summed E-state index contributed by atoms with van der Waals surface area (Å²) in [5.74, 6) is 1.37. The molecule has 0 aromatic carbocycles. The summed E-state index contributed by atoms with van der Waals surface area (Å²) in [5.41, 5.74) is 0. The molecule has 1 N–H and O–H groups in total. The molecule has 102 valence electrons. The highest BCUT2D eigenvalue weighted by atomic mass is 32.2. The third-order valence-electron chi connectivity index (χ3n) is 3.58. The molecule has 0 aliphatic heterocycles. The molecule has 0 bridgehead atoms. The molecule has 1 aliphatic rings. The first kappa shape index (κ1) is 15.0. The van der Waals surface area contributed by atoms with Gasteiger partial charge in [-0.2, -0.15) is 0 Å². The van der Waals surface area contributed by atoms with E-state index in [0.717, 1.165) is 19.4 Å². The Hall–Kier alpha value is -0.0900. The van der Waals surface area contributed by atoms with Gasteiger partial charge >= 0.3 is 0 Å². The molecule has 1 saturated carbocycles. The van der Waals surface area contributed by atoms with Crippen LogP contribution in [-0.4, -0.2) is 32.5 Å². The van der Waals surface area contributed by atoms with Crippen molar-refractivity contribution in [3.8, 4) is 0 Å². The molecule has 0 spiro atoms. The van der Waals surface area contributed by atoms with Crippen LogP contribution in [0.2, 0.25) is 0 Å². The van der Waals surface area contributed by atoms with Crippen LogP contribution < -0.4 is 5.32 Å². The lowest BCUT2D eigenvalue weighted by Gasteiger charge is -2.12. The fourth-order valence-electron chi connectivity index (χ4n) is 2.63. The predicted molar refractivity (Wildman–Crippen MR) is 73.0 cm³/mol. The molecule has 17 heavy (non-hydrogen) atoms. The summed E-state index contributed by atoms with van der Waals surface area (Å²) in [5, 5.41) is 3.53. The Bertz CT molecular complexity index is 301. The van der Waals surface area contributed by atoms with Crippen molar-refractivity contribution in [1.82, 2.24) is 5.32 Å². The van der Waals surface area contributed by atoms with Crippen LogP contribution in [0.15, 0.2) is 0 Å². The van der Waals surface area contributed by atoms with Crippen molar-refractivity contribution >= 4 is 9.84 Å². The van der Waals surface area contributed by atoms with Crippen molar-refractivity contribution in [2.24, 2.45) is 5.92 Å². The standard InChI is InChI=1S/C13H27NO2S/c1-3-8-14-13-6-5-12(11-13)7-10-17(15,16)9-4-2/h12-14H,3-11H2,1-2H3. The smallest absolute Gasteiger partial charge is 0.150 e. The van der Waals surface area contributed by atoms with Gasteiger partial charge in [-0.15, -0.1) is 0 Å². The highest BCUT2D eigenvalue weighted by Crippen LogP contribution is 2.28. The van der Waals surface area contributed by atoms with Gasteiger partial charge in [0.15, 0.2) is 0 Å². The Morgan fingerprint density at radius 2 is 1.88 bits per heavy atom. The van der Waals surface area contributed by atoms with Gasteiger partial charge in [-0.25, -0.2) is 8.42 Å². The Balaban J connectivity index is 2.22. The topological polar surface area (TPSA) is 46.2 Å². The van der Waals surface area contributed by atoms with Crippen molar-refractivity contribution in [3.63, 3.8) is 0 Å². The first-order valence-electron chi connectivity index (χ1n) is 7.01. The minimum Gasteiger partial charge on any atom is -0.314 e. The summed E-state index contributed by atoms with van der Waals surface area (Å²) < 4.78 is 23.3. The third kappa shape index (κ3) is 5.87. The van der Waals surface area contributed by atoms with Gasteiger partial charge in [0.1, 0.15) is 9.84 Å². The highest BCUT2D eigenvalue weighted by molar-refractivity contribution is 7.91. The molecule has 2 atom stereocenters. The van der Waals surface area contributed by atoms with Crippen LogP contribution in [0.5, 0.6) is 0 Å². The van der Waals surface area contributed by atoms with Crippen LogP contribution in [-0.2, 0) is 9.84 Å². The van der Waals surface area contributed by atoms with Crippen molar-refractivity contribution < 1.29 is 8.42 Å². The van der Waals surface area contributed by atoms with E-state index in [0.29, 0.717) is 23.5 Å². The SMILES string of the molecule is CCCNC1CCC(CCS(=O)(=O)CCC)C1. The zero-order valence-electron chi connectivity index (χ0n) is 11.2. The van der Waals surface area contributed by atoms with E-state index in [4.69, 9.17) is 0 Å². The van der Waals surface area contributed by atoms with E-state index in [2.05, 4.69) is 12.2 Å². The lowest BCUT2D eigenvalue weighted by Crippen LogP contribution is -2.27. The van der Waals surface area contributed by atoms with E-state index >= 15 is 0 Å². The number of hydrogen-bond acceptors (Lipinski definition) is 3. The minimum absolute atomic E-state index is 0.358. The Kier molecular flexibility index (Phi) is 6.49. The van der Waals surface area contributed by atoms with Crippen molar-refractivity contribution in [2.45, 2.75) is 58.4 Å². The molecule has 3 nitrogen and oxygen atoms in total. The zero-order valence-corrected chi connectivity index (χ0v) is 12.1. The van der Waals surface area contributed by atoms with E-state index in [9.17, 15) is 8.42 Å². The molecule has 0 aromatic heterocycles. The molecule has 4 heteroatoms. The lowest BCUT2D eigenvalue weighted by molar-refractivity contribution is 0.475. The van der Waals surface area contributed by atoms with E-state index in [1.54, 1.807) is 0 Å². The first-order valence-corrected chi connectivity index (χ1v) is 8.83. The number of hydrogen-bond donors (Lipinski definition) is 1. The van der Waals surface area contributed by atoms with Crippen LogP contribution in [0.25, 0.3) is 0 Å². The molecule has 1 rings (SSSR count). The monoisotopic (exact) mass is 261 g/mol. The van der Waals surface area contributed by atoms with Gasteiger partial charge in [-0.3, -0.25) is 0 Å². The Morgan fingerprint density at radius 3 is 2.53 bits per heavy atom. The molecule has 0 radical (unpaired) electrons. The quantitative estimate of drug-likeness (QED) is 0.729. The molecule has 2 unspecified atom stereocenters. The maximum absolute atomic E-state index is 11.6. The zero-order chi connectivity index (χ0) is 12.7. The van der Waals surface area contributed by atoms with E-state index in [1.165, 1.54) is 25.7 Å². The van der Waals surface area contributed by atoms with E-state index < -0.39 is 9.84 Å². The van der Waals surface area contributed by atoms with Crippen LogP contribution in [0.4, 0.5) is 0 Å². The average Bonchev–Trinajstić information content (AvgIpc) is 2.72. The predicted octanol–water partition coefficient (Wildman–Crippen LogP) is 2.37. The molecule has 0 amide bonds. The van der Waals surface area contributed by atoms with Crippen LogP contribution in [0, 0.1) is 5.92 Å². The fourth-order valence-corrected chi connectivity index (χ4v) is 4.15. The summed E-state index contributed by atoms with van der Waals surface area (Å²) in [4.78, 5) is 0. The van der Waals surface area contributed by atoms with Crippen LogP contribution >= 0.6 is 0 Å². The minimum atomic E-state index is -2.77. The van der Waals surface area contributed by atoms with E-state index in [-0.39, 0.29) is 0 Å². The largest absolute Gasteiger partial charge is 0.314 e. The van der Waals surface area contributed by atoms with Crippen molar-refractivity contribution in [3.05, 3.63) is 0 Å². The maximum atomic E-state index is 11.6. The second kappa shape index (κ2) is 7.37. The van der Waals surface area contributed by atoms with Crippen molar-refractivity contribution in [1.29, 1.82) is 0 Å². The second-order valence-electron chi connectivity index (χ2n) is 5.27. The fraction of sp³-hybridized carbons (Fsp3) is 1.00. The molecule has 0 saturated heterocycles. The third-order valence-corrected chi connectivity index (χ3v) is 5.46. The molecule has 1 aliphatic carbocycles. The van der Waals surface area contributed by atoms with Gasteiger partial charge < -0.3 is 5.32 Å². The Labute approximate surface area is 106 Å². The number of nitrogens with one attached hydrogen (secondary N) is 1. The first-order chi connectivity index (χ1) is 8.07. The van der Waals surface area contributed by atoms with Gasteiger partial charge in [-0.05, 0) is 51.0 Å². The lowest BCUT2D eigenvalue weighted by atomic mass is 10.1. The summed E-state index contributed by atoms with van der Waals surface area (Å²) >= 11 is 0. The van der Waals surface area contributed by atoms with Crippen LogP contribution in [0.3, 0.4) is 0 Å². The van der Waals surface area contributed by atoms with Crippen LogP contribution in [0.1, 0.15) is 52.4 Å². The molecular formula is C13H27NO2S. The number of sulfone groups is 1. The molecular weight excluding hydrogens is 234 g/mol. The summed E-state index contributed by atoms with van der Waals surface area (Å²) in [6.45, 7) is 5.19. The average molecular weight is 261 g/mol. The van der Waals surface area contributed by atoms with Gasteiger partial charge in [0.2, 0.25) is 0 Å². The maximum Gasteiger partial charge on any atom is 0.150 e. The highest BCUT2D eigenvalue weighted by Gasteiger charge is 2.25.